The third kappa shape index (κ3) is 4.92. The number of aromatic nitrogens is 2. The Morgan fingerprint density at radius 1 is 1.38 bits per heavy atom. The molecule has 6 nitrogen and oxygen atoms in total. The molecule has 2 aromatic rings. The Balaban J connectivity index is 1.86. The van der Waals surface area contributed by atoms with E-state index in [1.807, 2.05) is 23.9 Å². The van der Waals surface area contributed by atoms with Gasteiger partial charge in [0.2, 0.25) is 10.0 Å². The Morgan fingerprint density at radius 2 is 2.24 bits per heavy atom. The predicted molar refractivity (Wildman–Crippen MR) is 84.0 cm³/mol. The van der Waals surface area contributed by atoms with Gasteiger partial charge in [-0.3, -0.25) is 4.68 Å². The molecule has 0 atom stereocenters. The molecule has 116 valence electrons. The summed E-state index contributed by atoms with van der Waals surface area (Å²) in [6.45, 7) is 1.97. The molecule has 0 unspecified atom stereocenters. The molecule has 0 aliphatic carbocycles. The van der Waals surface area contributed by atoms with Gasteiger partial charge in [-0.2, -0.15) is 16.4 Å². The second-order valence-electron chi connectivity index (χ2n) is 4.68. The first-order valence-corrected chi connectivity index (χ1v) is 9.22. The third-order valence-corrected chi connectivity index (χ3v) is 5.17. The summed E-state index contributed by atoms with van der Waals surface area (Å²) in [6.07, 6.45) is 4.57. The Kier molecular flexibility index (Phi) is 5.92. The van der Waals surface area contributed by atoms with E-state index in [1.54, 1.807) is 22.2 Å². The second-order valence-corrected chi connectivity index (χ2v) is 7.22. The molecule has 2 heterocycles. The topological polar surface area (TPSA) is 76.0 Å². The molecule has 2 N–H and O–H groups in total. The van der Waals surface area contributed by atoms with Crippen LogP contribution in [0, 0.1) is 0 Å². The van der Waals surface area contributed by atoms with Crippen molar-refractivity contribution in [3.05, 3.63) is 34.8 Å². The van der Waals surface area contributed by atoms with Crippen molar-refractivity contribution < 1.29 is 8.42 Å². The molecule has 0 spiro atoms. The Labute approximate surface area is 129 Å². The minimum atomic E-state index is -3.47. The first-order chi connectivity index (χ1) is 10.1. The number of hydrogen-bond acceptors (Lipinski definition) is 5. The highest BCUT2D eigenvalue weighted by Crippen LogP contribution is 2.09. The monoisotopic (exact) mass is 328 g/mol. The van der Waals surface area contributed by atoms with Crippen LogP contribution in [0.4, 0.5) is 0 Å². The molecular formula is C13H20N4O2S2. The van der Waals surface area contributed by atoms with Gasteiger partial charge in [0, 0.05) is 19.3 Å². The van der Waals surface area contributed by atoms with Crippen LogP contribution in [0.25, 0.3) is 0 Å². The third-order valence-electron chi connectivity index (χ3n) is 3.02. The second kappa shape index (κ2) is 7.69. The van der Waals surface area contributed by atoms with Gasteiger partial charge in [-0.15, -0.1) is 0 Å². The summed E-state index contributed by atoms with van der Waals surface area (Å²) < 4.78 is 28.5. The summed E-state index contributed by atoms with van der Waals surface area (Å²) in [7, 11) is -1.58. The number of nitrogens with one attached hydrogen (secondary N) is 2. The van der Waals surface area contributed by atoms with Gasteiger partial charge in [0.1, 0.15) is 4.90 Å². The van der Waals surface area contributed by atoms with Crippen molar-refractivity contribution in [1.29, 1.82) is 0 Å². The molecule has 0 bridgehead atoms. The Bertz CT molecular complexity index is 635. The summed E-state index contributed by atoms with van der Waals surface area (Å²) >= 11 is 1.61. The summed E-state index contributed by atoms with van der Waals surface area (Å²) in [5, 5.41) is 11.1. The molecule has 0 fully saturated rings. The molecule has 2 aromatic heterocycles. The fraction of sp³-hybridized carbons (Fsp3) is 0.462. The number of rotatable bonds is 9. The van der Waals surface area contributed by atoms with Gasteiger partial charge in [0.15, 0.2) is 0 Å². The van der Waals surface area contributed by atoms with Gasteiger partial charge in [0.05, 0.1) is 6.20 Å². The summed E-state index contributed by atoms with van der Waals surface area (Å²) in [5.74, 6) is 0. The molecule has 0 saturated carbocycles. The van der Waals surface area contributed by atoms with Crippen LogP contribution in [0.1, 0.15) is 12.0 Å². The van der Waals surface area contributed by atoms with Gasteiger partial charge in [-0.1, -0.05) is 0 Å². The molecule has 0 radical (unpaired) electrons. The molecule has 0 aromatic carbocycles. The maximum atomic E-state index is 12.1. The number of nitrogens with zero attached hydrogens (tertiary/aromatic N) is 2. The average molecular weight is 328 g/mol. The zero-order valence-corrected chi connectivity index (χ0v) is 13.6. The van der Waals surface area contributed by atoms with Crippen LogP contribution in [0.15, 0.2) is 34.1 Å². The largest absolute Gasteiger partial charge is 0.320 e. The van der Waals surface area contributed by atoms with Crippen LogP contribution >= 0.6 is 11.3 Å². The van der Waals surface area contributed by atoms with E-state index in [0.29, 0.717) is 19.5 Å². The molecule has 0 aliphatic rings. The lowest BCUT2D eigenvalue weighted by Crippen LogP contribution is -2.25. The number of hydrogen-bond donors (Lipinski definition) is 2. The van der Waals surface area contributed by atoms with Gasteiger partial charge in [-0.05, 0) is 48.8 Å². The summed E-state index contributed by atoms with van der Waals surface area (Å²) in [6, 6.07) is 2.00. The molecule has 21 heavy (non-hydrogen) atoms. The normalized spacial score (nSPS) is 11.9. The smallest absolute Gasteiger partial charge is 0.243 e. The van der Waals surface area contributed by atoms with Gasteiger partial charge < -0.3 is 5.32 Å². The molecular weight excluding hydrogens is 308 g/mol. The fourth-order valence-electron chi connectivity index (χ4n) is 1.87. The fourth-order valence-corrected chi connectivity index (χ4v) is 3.56. The SMILES string of the molecule is CNCCCn1cc(S(=O)(=O)NCCc2ccsc2)cn1. The Morgan fingerprint density at radius 3 is 2.95 bits per heavy atom. The average Bonchev–Trinajstić information content (AvgIpc) is 3.10. The lowest BCUT2D eigenvalue weighted by Gasteiger charge is -2.03. The van der Waals surface area contributed by atoms with E-state index in [2.05, 4.69) is 15.1 Å². The van der Waals surface area contributed by atoms with Crippen molar-refractivity contribution in [2.45, 2.75) is 24.3 Å². The maximum absolute atomic E-state index is 12.1. The summed E-state index contributed by atoms with van der Waals surface area (Å²) in [4.78, 5) is 0.220. The highest BCUT2D eigenvalue weighted by molar-refractivity contribution is 7.89. The minimum absolute atomic E-state index is 0.220. The number of aryl methyl sites for hydroxylation is 1. The first-order valence-electron chi connectivity index (χ1n) is 6.79. The van der Waals surface area contributed by atoms with E-state index >= 15 is 0 Å². The zero-order chi connectivity index (χ0) is 15.1. The molecule has 8 heteroatoms. The predicted octanol–water partition coefficient (Wildman–Crippen LogP) is 1.08. The van der Waals surface area contributed by atoms with Crippen molar-refractivity contribution in [1.82, 2.24) is 19.8 Å². The molecule has 0 amide bonds. The maximum Gasteiger partial charge on any atom is 0.243 e. The number of sulfonamides is 1. The summed E-state index contributed by atoms with van der Waals surface area (Å²) in [5.41, 5.74) is 1.14. The van der Waals surface area contributed by atoms with E-state index in [4.69, 9.17) is 0 Å². The van der Waals surface area contributed by atoms with Crippen molar-refractivity contribution in [2.24, 2.45) is 0 Å². The van der Waals surface area contributed by atoms with Crippen molar-refractivity contribution in [2.75, 3.05) is 20.1 Å². The van der Waals surface area contributed by atoms with Crippen LogP contribution in [0.3, 0.4) is 0 Å². The zero-order valence-electron chi connectivity index (χ0n) is 11.9. The van der Waals surface area contributed by atoms with E-state index in [-0.39, 0.29) is 4.90 Å². The van der Waals surface area contributed by atoms with Crippen LogP contribution in [-0.4, -0.2) is 38.3 Å². The molecule has 0 saturated heterocycles. The van der Waals surface area contributed by atoms with Gasteiger partial charge in [-0.25, -0.2) is 13.1 Å². The van der Waals surface area contributed by atoms with Crippen molar-refractivity contribution in [3.8, 4) is 0 Å². The van der Waals surface area contributed by atoms with E-state index < -0.39 is 10.0 Å². The highest BCUT2D eigenvalue weighted by atomic mass is 32.2. The molecule has 2 rings (SSSR count). The van der Waals surface area contributed by atoms with Gasteiger partial charge in [0.25, 0.3) is 0 Å². The van der Waals surface area contributed by atoms with Crippen molar-refractivity contribution in [3.63, 3.8) is 0 Å². The van der Waals surface area contributed by atoms with Crippen LogP contribution in [0.5, 0.6) is 0 Å². The van der Waals surface area contributed by atoms with E-state index in [0.717, 1.165) is 18.5 Å². The standard InChI is InChI=1S/C13H20N4O2S2/c1-14-5-2-7-17-10-13(9-15-17)21(18,19)16-6-3-12-4-8-20-11-12/h4,8-11,14,16H,2-3,5-7H2,1H3. The van der Waals surface area contributed by atoms with Gasteiger partial charge >= 0.3 is 0 Å². The van der Waals surface area contributed by atoms with Crippen LogP contribution < -0.4 is 10.0 Å². The van der Waals surface area contributed by atoms with E-state index in [9.17, 15) is 8.42 Å². The van der Waals surface area contributed by atoms with Crippen molar-refractivity contribution >= 4 is 21.4 Å². The van der Waals surface area contributed by atoms with E-state index in [1.165, 1.54) is 6.20 Å². The highest BCUT2D eigenvalue weighted by Gasteiger charge is 2.15. The quantitative estimate of drug-likeness (QED) is 0.675. The van der Waals surface area contributed by atoms with Crippen LogP contribution in [0.2, 0.25) is 0 Å². The number of thiophene rings is 1. The minimum Gasteiger partial charge on any atom is -0.320 e. The lowest BCUT2D eigenvalue weighted by atomic mass is 10.2. The first kappa shape index (κ1) is 16.2. The lowest BCUT2D eigenvalue weighted by molar-refractivity contribution is 0.560. The van der Waals surface area contributed by atoms with Crippen LogP contribution in [-0.2, 0) is 23.0 Å². The Hall–Kier alpha value is -1.22. The molecule has 0 aliphatic heterocycles.